The van der Waals surface area contributed by atoms with Crippen LogP contribution in [-0.2, 0) is 16.6 Å². The molecule has 2 N–H and O–H groups in total. The van der Waals surface area contributed by atoms with Gasteiger partial charge in [-0.25, -0.2) is 4.99 Å². The first-order chi connectivity index (χ1) is 15.0. The Bertz CT molecular complexity index is 947. The van der Waals surface area contributed by atoms with Gasteiger partial charge in [0.05, 0.1) is 18.4 Å². The second kappa shape index (κ2) is 12.3. The normalized spacial score (nSPS) is 14.1. The van der Waals surface area contributed by atoms with E-state index >= 15 is 0 Å². The monoisotopic (exact) mass is 555 g/mol. The number of carbonyl (C=O) groups is 2. The number of anilines is 2. The highest BCUT2D eigenvalue weighted by Gasteiger charge is 2.27. The molecule has 0 unspecified atom stereocenters. The molecule has 1 aromatic heterocycles. The molecule has 0 spiro atoms. The quantitative estimate of drug-likeness (QED) is 0.233. The molecule has 1 aromatic carbocycles. The van der Waals surface area contributed by atoms with Crippen LogP contribution in [0.1, 0.15) is 13.8 Å². The lowest BCUT2D eigenvalue weighted by molar-refractivity contribution is -0.120. The van der Waals surface area contributed by atoms with Gasteiger partial charge in [0.2, 0.25) is 11.8 Å². The van der Waals surface area contributed by atoms with E-state index in [0.29, 0.717) is 50.2 Å². The Morgan fingerprint density at radius 1 is 1.31 bits per heavy atom. The second-order valence-electron chi connectivity index (χ2n) is 7.13. The molecule has 11 heteroatoms. The van der Waals surface area contributed by atoms with E-state index in [1.165, 1.54) is 6.92 Å². The Hall–Kier alpha value is -2.83. The van der Waals surface area contributed by atoms with Gasteiger partial charge in [-0.2, -0.15) is 5.10 Å². The lowest BCUT2D eigenvalue weighted by Crippen LogP contribution is -2.55. The molecule has 0 aliphatic carbocycles. The number of aliphatic imine (C=N–C) groups is 1. The van der Waals surface area contributed by atoms with Crippen molar-refractivity contribution in [3.63, 3.8) is 0 Å². The van der Waals surface area contributed by atoms with Gasteiger partial charge >= 0.3 is 0 Å². The smallest absolute Gasteiger partial charge is 0.246 e. The molecular formula is C21H30IN7O3. The summed E-state index contributed by atoms with van der Waals surface area (Å²) in [6, 6.07) is 7.22. The highest BCUT2D eigenvalue weighted by Crippen LogP contribution is 2.18. The van der Waals surface area contributed by atoms with Crippen molar-refractivity contribution < 1.29 is 14.3 Å². The third-order valence-corrected chi connectivity index (χ3v) is 4.63. The number of aryl methyl sites for hydroxylation is 1. The van der Waals surface area contributed by atoms with E-state index in [4.69, 9.17) is 4.74 Å². The van der Waals surface area contributed by atoms with Crippen molar-refractivity contribution in [3.8, 4) is 5.75 Å². The van der Waals surface area contributed by atoms with Crippen LogP contribution >= 0.6 is 24.0 Å². The van der Waals surface area contributed by atoms with Gasteiger partial charge in [0, 0.05) is 51.6 Å². The molecule has 1 aliphatic rings. The van der Waals surface area contributed by atoms with Crippen molar-refractivity contribution >= 4 is 53.1 Å². The zero-order valence-electron chi connectivity index (χ0n) is 18.6. The van der Waals surface area contributed by atoms with Crippen LogP contribution in [0.25, 0.3) is 0 Å². The highest BCUT2D eigenvalue weighted by molar-refractivity contribution is 14.0. The van der Waals surface area contributed by atoms with Crippen molar-refractivity contribution in [2.24, 2.45) is 12.0 Å². The highest BCUT2D eigenvalue weighted by atomic mass is 127. The summed E-state index contributed by atoms with van der Waals surface area (Å²) in [4.78, 5) is 32.2. The minimum absolute atomic E-state index is 0. The number of carbonyl (C=O) groups excluding carboxylic acids is 2. The van der Waals surface area contributed by atoms with Crippen LogP contribution in [0.2, 0.25) is 0 Å². The molecule has 10 nitrogen and oxygen atoms in total. The summed E-state index contributed by atoms with van der Waals surface area (Å²) in [6.07, 6.45) is 3.54. The van der Waals surface area contributed by atoms with Crippen molar-refractivity contribution in [3.05, 3.63) is 36.7 Å². The zero-order chi connectivity index (χ0) is 22.2. The van der Waals surface area contributed by atoms with Crippen LogP contribution in [0.5, 0.6) is 5.75 Å². The summed E-state index contributed by atoms with van der Waals surface area (Å²) in [7, 11) is 1.83. The molecule has 1 saturated heterocycles. The molecule has 3 rings (SSSR count). The van der Waals surface area contributed by atoms with Gasteiger partial charge in [0.1, 0.15) is 18.9 Å². The number of piperazine rings is 1. The van der Waals surface area contributed by atoms with Gasteiger partial charge in [-0.1, -0.05) is 6.07 Å². The Balaban J connectivity index is 0.00000363. The van der Waals surface area contributed by atoms with Crippen LogP contribution in [0.3, 0.4) is 0 Å². The Morgan fingerprint density at radius 3 is 2.78 bits per heavy atom. The number of amides is 2. The molecule has 2 aromatic rings. The molecule has 0 radical (unpaired) electrons. The number of benzene rings is 1. The second-order valence-corrected chi connectivity index (χ2v) is 7.13. The fourth-order valence-electron chi connectivity index (χ4n) is 3.28. The summed E-state index contributed by atoms with van der Waals surface area (Å²) in [6.45, 7) is 6.47. The predicted octanol–water partition coefficient (Wildman–Crippen LogP) is 1.69. The zero-order valence-corrected chi connectivity index (χ0v) is 20.9. The number of nitrogens with one attached hydrogen (secondary N) is 2. The number of nitrogens with zero attached hydrogens (tertiary/aromatic N) is 5. The van der Waals surface area contributed by atoms with Gasteiger partial charge in [-0.15, -0.1) is 24.0 Å². The van der Waals surface area contributed by atoms with E-state index in [9.17, 15) is 9.59 Å². The third kappa shape index (κ3) is 7.11. The van der Waals surface area contributed by atoms with Crippen molar-refractivity contribution in [1.29, 1.82) is 0 Å². The molecule has 2 heterocycles. The average molecular weight is 555 g/mol. The predicted molar refractivity (Wildman–Crippen MR) is 135 cm³/mol. The lowest BCUT2D eigenvalue weighted by Gasteiger charge is -2.35. The van der Waals surface area contributed by atoms with Crippen LogP contribution in [-0.4, -0.2) is 71.8 Å². The Kier molecular flexibility index (Phi) is 9.75. The maximum absolute atomic E-state index is 12.7. The maximum atomic E-state index is 12.7. The number of hydrogen-bond donors (Lipinski definition) is 2. The number of ether oxygens (including phenoxy) is 1. The van der Waals surface area contributed by atoms with Gasteiger partial charge in [-0.3, -0.25) is 14.3 Å². The van der Waals surface area contributed by atoms with Crippen molar-refractivity contribution in [2.75, 3.05) is 49.5 Å². The minimum atomic E-state index is -0.129. The largest absolute Gasteiger partial charge is 0.492 e. The lowest BCUT2D eigenvalue weighted by atomic mass is 10.3. The van der Waals surface area contributed by atoms with E-state index in [-0.39, 0.29) is 42.3 Å². The standard InChI is InChI=1S/C21H29N7O3.HI/c1-4-22-21(23-8-11-31-19-7-5-6-17(12-19)25-16(2)29)27-9-10-28(20(30)15-27)18-13-24-26(3)14-18;/h5-7,12-14H,4,8-11,15H2,1-3H3,(H,22,23)(H,25,29);1H. The summed E-state index contributed by atoms with van der Waals surface area (Å²) < 4.78 is 7.44. The van der Waals surface area contributed by atoms with E-state index < -0.39 is 0 Å². The molecule has 0 saturated carbocycles. The van der Waals surface area contributed by atoms with E-state index in [1.54, 1.807) is 27.9 Å². The van der Waals surface area contributed by atoms with E-state index in [1.807, 2.05) is 37.2 Å². The first kappa shape index (κ1) is 25.4. The van der Waals surface area contributed by atoms with E-state index in [2.05, 4.69) is 20.7 Å². The van der Waals surface area contributed by atoms with Crippen LogP contribution in [0.4, 0.5) is 11.4 Å². The number of aromatic nitrogens is 2. The summed E-state index contributed by atoms with van der Waals surface area (Å²) in [5.41, 5.74) is 1.50. The SMILES string of the molecule is CCNC(=NCCOc1cccc(NC(C)=O)c1)N1CCN(c2cnn(C)c2)C(=O)C1.I. The fourth-order valence-corrected chi connectivity index (χ4v) is 3.28. The molecule has 32 heavy (non-hydrogen) atoms. The van der Waals surface area contributed by atoms with Gasteiger partial charge in [0.15, 0.2) is 5.96 Å². The number of halogens is 1. The van der Waals surface area contributed by atoms with Crippen molar-refractivity contribution in [2.45, 2.75) is 13.8 Å². The average Bonchev–Trinajstić information content (AvgIpc) is 3.16. The first-order valence-corrected chi connectivity index (χ1v) is 10.3. The fraction of sp³-hybridized carbons (Fsp3) is 0.429. The molecular weight excluding hydrogens is 525 g/mol. The Morgan fingerprint density at radius 2 is 2.12 bits per heavy atom. The molecule has 0 atom stereocenters. The van der Waals surface area contributed by atoms with Gasteiger partial charge < -0.3 is 25.2 Å². The van der Waals surface area contributed by atoms with Crippen molar-refractivity contribution in [1.82, 2.24) is 20.0 Å². The van der Waals surface area contributed by atoms with Gasteiger partial charge in [-0.05, 0) is 19.1 Å². The summed E-state index contributed by atoms with van der Waals surface area (Å²) in [5, 5.41) is 10.1. The number of guanidine groups is 1. The maximum Gasteiger partial charge on any atom is 0.246 e. The number of rotatable bonds is 7. The third-order valence-electron chi connectivity index (χ3n) is 4.63. The summed E-state index contributed by atoms with van der Waals surface area (Å²) >= 11 is 0. The number of hydrogen-bond acceptors (Lipinski definition) is 5. The molecule has 1 aliphatic heterocycles. The molecule has 2 amide bonds. The topological polar surface area (TPSA) is 104 Å². The molecule has 0 bridgehead atoms. The van der Waals surface area contributed by atoms with E-state index in [0.717, 1.165) is 5.69 Å². The van der Waals surface area contributed by atoms with Gasteiger partial charge in [0.25, 0.3) is 0 Å². The molecule has 1 fully saturated rings. The van der Waals surface area contributed by atoms with Crippen LogP contribution < -0.4 is 20.3 Å². The molecule has 174 valence electrons. The minimum Gasteiger partial charge on any atom is -0.492 e. The van der Waals surface area contributed by atoms with Crippen LogP contribution in [0, 0.1) is 0 Å². The summed E-state index contributed by atoms with van der Waals surface area (Å²) in [5.74, 6) is 1.23. The van der Waals surface area contributed by atoms with Crippen LogP contribution in [0.15, 0.2) is 41.7 Å². The first-order valence-electron chi connectivity index (χ1n) is 10.3. The Labute approximate surface area is 205 Å².